The molecule has 0 spiro atoms. The van der Waals surface area contributed by atoms with Crippen molar-refractivity contribution in [1.82, 2.24) is 14.8 Å². The molecule has 0 radical (unpaired) electrons. The molecule has 4 aromatic rings. The van der Waals surface area contributed by atoms with Crippen LogP contribution in [0.15, 0.2) is 85.1 Å². The highest BCUT2D eigenvalue weighted by Gasteiger charge is 2.35. The Morgan fingerprint density at radius 2 is 1.71 bits per heavy atom. The lowest BCUT2D eigenvalue weighted by Crippen LogP contribution is -2.45. The van der Waals surface area contributed by atoms with Crippen LogP contribution in [0.3, 0.4) is 0 Å². The van der Waals surface area contributed by atoms with Crippen LogP contribution in [0.4, 0.5) is 10.5 Å². The number of rotatable bonds is 11. The first-order chi connectivity index (χ1) is 18.6. The van der Waals surface area contributed by atoms with Gasteiger partial charge in [0.2, 0.25) is 5.91 Å². The average molecular weight is 511 g/mol. The molecule has 3 aromatic carbocycles. The van der Waals surface area contributed by atoms with Gasteiger partial charge < -0.3 is 24.8 Å². The molecular formula is C31H34N4O3. The van der Waals surface area contributed by atoms with Gasteiger partial charge in [0.1, 0.15) is 12.3 Å². The number of carbonyl (C=O) groups excluding carboxylic acids is 2. The van der Waals surface area contributed by atoms with Crippen LogP contribution in [-0.4, -0.2) is 52.5 Å². The number of aromatic amines is 1. The van der Waals surface area contributed by atoms with E-state index in [4.69, 9.17) is 4.74 Å². The van der Waals surface area contributed by atoms with E-state index >= 15 is 0 Å². The van der Waals surface area contributed by atoms with Crippen LogP contribution in [0.1, 0.15) is 30.9 Å². The normalized spacial score (nSPS) is 12.8. The van der Waals surface area contributed by atoms with E-state index in [0.717, 1.165) is 30.3 Å². The predicted molar refractivity (Wildman–Crippen MR) is 150 cm³/mol. The lowest BCUT2D eigenvalue weighted by atomic mass is 10.1. The standard InChI is InChI=1S/C31H34N4O3/c1-2-38-29-15-9-8-14-28(29)33-31(37)35(25-16-17-25)22-30(36)34(21-23-10-4-3-5-11-23)19-18-24-20-32-27-13-7-6-12-26(24)27/h3-15,20,25,32H,2,16-19,21-22H2,1H3,(H,33,37). The van der Waals surface area contributed by atoms with Gasteiger partial charge in [0.25, 0.3) is 0 Å². The first kappa shape index (κ1) is 25.4. The fourth-order valence-electron chi connectivity index (χ4n) is 4.73. The van der Waals surface area contributed by atoms with Crippen molar-refractivity contribution in [2.24, 2.45) is 0 Å². The first-order valence-electron chi connectivity index (χ1n) is 13.3. The number of H-pyrrole nitrogens is 1. The number of nitrogens with zero attached hydrogens (tertiary/aromatic N) is 2. The second kappa shape index (κ2) is 11.9. The van der Waals surface area contributed by atoms with E-state index in [1.165, 1.54) is 10.9 Å². The molecule has 0 bridgehead atoms. The van der Waals surface area contributed by atoms with Gasteiger partial charge in [0.05, 0.1) is 12.3 Å². The molecule has 0 saturated heterocycles. The van der Waals surface area contributed by atoms with Gasteiger partial charge in [-0.3, -0.25) is 4.79 Å². The summed E-state index contributed by atoms with van der Waals surface area (Å²) in [6.45, 7) is 3.50. The van der Waals surface area contributed by atoms with E-state index in [2.05, 4.69) is 22.4 Å². The Morgan fingerprint density at radius 3 is 2.50 bits per heavy atom. The number of ether oxygens (including phenoxy) is 1. The van der Waals surface area contributed by atoms with Crippen molar-refractivity contribution in [3.05, 3.63) is 96.2 Å². The molecule has 38 heavy (non-hydrogen) atoms. The Balaban J connectivity index is 1.31. The summed E-state index contributed by atoms with van der Waals surface area (Å²) in [5, 5.41) is 4.15. The zero-order valence-electron chi connectivity index (χ0n) is 21.7. The SMILES string of the molecule is CCOc1ccccc1NC(=O)N(CC(=O)N(CCc1c[nH]c2ccccc12)Cc1ccccc1)C1CC1. The van der Waals surface area contributed by atoms with Crippen molar-refractivity contribution >= 4 is 28.5 Å². The summed E-state index contributed by atoms with van der Waals surface area (Å²) >= 11 is 0. The van der Waals surface area contributed by atoms with Crippen molar-refractivity contribution in [3.63, 3.8) is 0 Å². The first-order valence-corrected chi connectivity index (χ1v) is 13.3. The molecule has 1 aromatic heterocycles. The third kappa shape index (κ3) is 6.17. The number of urea groups is 1. The van der Waals surface area contributed by atoms with E-state index < -0.39 is 0 Å². The van der Waals surface area contributed by atoms with Crippen LogP contribution in [0, 0.1) is 0 Å². The monoisotopic (exact) mass is 510 g/mol. The smallest absolute Gasteiger partial charge is 0.322 e. The minimum atomic E-state index is -0.274. The number of para-hydroxylation sites is 3. The number of hydrogen-bond donors (Lipinski definition) is 2. The van der Waals surface area contributed by atoms with E-state index in [-0.39, 0.29) is 24.5 Å². The van der Waals surface area contributed by atoms with Gasteiger partial charge in [-0.05, 0) is 55.5 Å². The summed E-state index contributed by atoms with van der Waals surface area (Å²) in [5.41, 5.74) is 3.94. The van der Waals surface area contributed by atoms with Crippen LogP contribution < -0.4 is 10.1 Å². The van der Waals surface area contributed by atoms with Crippen LogP contribution in [-0.2, 0) is 17.8 Å². The van der Waals surface area contributed by atoms with Crippen molar-refractivity contribution < 1.29 is 14.3 Å². The Hall–Kier alpha value is -4.26. The molecule has 0 atom stereocenters. The third-order valence-electron chi connectivity index (χ3n) is 6.88. The van der Waals surface area contributed by atoms with Gasteiger partial charge in [-0.25, -0.2) is 4.79 Å². The average Bonchev–Trinajstić information content (AvgIpc) is 3.70. The maximum atomic E-state index is 13.7. The third-order valence-corrected chi connectivity index (χ3v) is 6.88. The molecule has 196 valence electrons. The summed E-state index contributed by atoms with van der Waals surface area (Å²) < 4.78 is 5.67. The molecule has 2 N–H and O–H groups in total. The summed E-state index contributed by atoms with van der Waals surface area (Å²) in [5.74, 6) is 0.559. The Kier molecular flexibility index (Phi) is 7.92. The maximum Gasteiger partial charge on any atom is 0.322 e. The number of fused-ring (bicyclic) bond motifs is 1. The molecule has 5 rings (SSSR count). The molecule has 3 amide bonds. The number of carbonyl (C=O) groups is 2. The Bertz CT molecular complexity index is 1380. The molecule has 1 aliphatic carbocycles. The second-order valence-corrected chi connectivity index (χ2v) is 9.63. The summed E-state index contributed by atoms with van der Waals surface area (Å²) in [6.07, 6.45) is 4.55. The molecule has 7 nitrogen and oxygen atoms in total. The summed E-state index contributed by atoms with van der Waals surface area (Å²) in [7, 11) is 0. The summed E-state index contributed by atoms with van der Waals surface area (Å²) in [4.78, 5) is 33.9. The number of anilines is 1. The zero-order chi connectivity index (χ0) is 26.3. The number of benzene rings is 3. The van der Waals surface area contributed by atoms with Gasteiger partial charge >= 0.3 is 6.03 Å². The van der Waals surface area contributed by atoms with E-state index in [9.17, 15) is 9.59 Å². The zero-order valence-corrected chi connectivity index (χ0v) is 21.7. The van der Waals surface area contributed by atoms with E-state index in [1.807, 2.05) is 84.8 Å². The van der Waals surface area contributed by atoms with Gasteiger partial charge in [-0.15, -0.1) is 0 Å². The highest BCUT2D eigenvalue weighted by molar-refractivity contribution is 5.94. The topological polar surface area (TPSA) is 77.7 Å². The molecular weight excluding hydrogens is 476 g/mol. The minimum Gasteiger partial charge on any atom is -0.492 e. The van der Waals surface area contributed by atoms with Gasteiger partial charge in [-0.2, -0.15) is 0 Å². The number of hydrogen-bond acceptors (Lipinski definition) is 3. The molecule has 7 heteroatoms. The van der Waals surface area contributed by atoms with Crippen molar-refractivity contribution in [2.75, 3.05) is 25.0 Å². The molecule has 0 aliphatic heterocycles. The highest BCUT2D eigenvalue weighted by Crippen LogP contribution is 2.29. The van der Waals surface area contributed by atoms with E-state index in [0.29, 0.717) is 31.1 Å². The van der Waals surface area contributed by atoms with Gasteiger partial charge in [-0.1, -0.05) is 60.7 Å². The maximum absolute atomic E-state index is 13.7. The van der Waals surface area contributed by atoms with Crippen molar-refractivity contribution in [1.29, 1.82) is 0 Å². The Labute approximate surface area is 223 Å². The lowest BCUT2D eigenvalue weighted by Gasteiger charge is -2.28. The van der Waals surface area contributed by atoms with Crippen molar-refractivity contribution in [2.45, 2.75) is 38.8 Å². The fraction of sp³-hybridized carbons (Fsp3) is 0.290. The minimum absolute atomic E-state index is 0.0357. The fourth-order valence-corrected chi connectivity index (χ4v) is 4.73. The van der Waals surface area contributed by atoms with Crippen LogP contribution in [0.2, 0.25) is 0 Å². The molecule has 1 heterocycles. The van der Waals surface area contributed by atoms with Gasteiger partial charge in [0.15, 0.2) is 0 Å². The number of amides is 3. The largest absolute Gasteiger partial charge is 0.492 e. The van der Waals surface area contributed by atoms with Crippen LogP contribution in [0.5, 0.6) is 5.75 Å². The lowest BCUT2D eigenvalue weighted by molar-refractivity contribution is -0.132. The predicted octanol–water partition coefficient (Wildman–Crippen LogP) is 5.83. The molecule has 1 fully saturated rings. The number of aromatic nitrogens is 1. The Morgan fingerprint density at radius 1 is 0.974 bits per heavy atom. The van der Waals surface area contributed by atoms with E-state index in [1.54, 1.807) is 4.90 Å². The highest BCUT2D eigenvalue weighted by atomic mass is 16.5. The van der Waals surface area contributed by atoms with Crippen molar-refractivity contribution in [3.8, 4) is 5.75 Å². The second-order valence-electron chi connectivity index (χ2n) is 9.63. The van der Waals surface area contributed by atoms with Gasteiger partial charge in [0, 0.05) is 36.2 Å². The molecule has 0 unspecified atom stereocenters. The van der Waals surface area contributed by atoms with Crippen LogP contribution in [0.25, 0.3) is 10.9 Å². The quantitative estimate of drug-likeness (QED) is 0.266. The molecule has 1 aliphatic rings. The number of nitrogens with one attached hydrogen (secondary N) is 2. The molecule has 1 saturated carbocycles. The summed E-state index contributed by atoms with van der Waals surface area (Å²) in [6, 6.07) is 25.4. The van der Waals surface area contributed by atoms with Crippen LogP contribution >= 0.6 is 0 Å².